The minimum Gasteiger partial charge on any atom is -0.480 e. The van der Waals surface area contributed by atoms with Crippen LogP contribution in [-0.2, 0) is 14.8 Å². The number of aromatic nitrogens is 2. The topological polar surface area (TPSA) is 123 Å². The molecule has 1 saturated heterocycles. The van der Waals surface area contributed by atoms with Crippen LogP contribution >= 0.6 is 0 Å². The van der Waals surface area contributed by atoms with Gasteiger partial charge < -0.3 is 19.7 Å². The maximum Gasteiger partial charge on any atom is 0.267 e. The fourth-order valence-corrected chi connectivity index (χ4v) is 5.16. The minimum atomic E-state index is -4.07. The van der Waals surface area contributed by atoms with Gasteiger partial charge in [-0.1, -0.05) is 18.2 Å². The summed E-state index contributed by atoms with van der Waals surface area (Å²) in [6.07, 6.45) is 2.97. The first-order chi connectivity index (χ1) is 16.8. The van der Waals surface area contributed by atoms with Gasteiger partial charge in [-0.05, 0) is 43.2 Å². The number of aryl methyl sites for hydroxylation is 2. The number of para-hydroxylation sites is 1. The average molecular weight is 498 g/mol. The van der Waals surface area contributed by atoms with Crippen LogP contribution in [-0.4, -0.2) is 57.7 Å². The number of morpholine rings is 1. The highest BCUT2D eigenvalue weighted by atomic mass is 32.2. The van der Waals surface area contributed by atoms with Crippen molar-refractivity contribution in [2.45, 2.75) is 18.7 Å². The van der Waals surface area contributed by atoms with Crippen LogP contribution in [0.2, 0.25) is 0 Å². The molecule has 11 heteroatoms. The third-order valence-electron chi connectivity index (χ3n) is 5.62. The van der Waals surface area contributed by atoms with Crippen molar-refractivity contribution in [3.8, 4) is 5.88 Å². The molecule has 0 aliphatic carbocycles. The Bertz CT molecular complexity index is 1320. The number of amides is 1. The summed E-state index contributed by atoms with van der Waals surface area (Å²) in [5, 5.41) is 2.74. The molecule has 1 aliphatic rings. The van der Waals surface area contributed by atoms with Crippen molar-refractivity contribution in [3.05, 3.63) is 65.5 Å². The summed E-state index contributed by atoms with van der Waals surface area (Å²) in [5.41, 5.74) is 2.60. The number of pyridine rings is 2. The predicted octanol–water partition coefficient (Wildman–Crippen LogP) is 2.99. The zero-order valence-corrected chi connectivity index (χ0v) is 20.6. The Morgan fingerprint density at radius 3 is 2.49 bits per heavy atom. The second-order valence-corrected chi connectivity index (χ2v) is 9.68. The SMILES string of the molecule is COc1ncc(NC(=O)c2cccnc2N2CCOCC2)cc1S(=O)(=O)Nc1c(C)cccc1C. The molecule has 1 aromatic carbocycles. The fraction of sp³-hybridized carbons (Fsp3) is 0.292. The molecule has 1 fully saturated rings. The number of hydrogen-bond acceptors (Lipinski definition) is 8. The maximum atomic E-state index is 13.3. The average Bonchev–Trinajstić information content (AvgIpc) is 2.87. The molecule has 0 spiro atoms. The van der Waals surface area contributed by atoms with Crippen LogP contribution in [0, 0.1) is 13.8 Å². The molecule has 3 heterocycles. The first kappa shape index (κ1) is 24.4. The van der Waals surface area contributed by atoms with E-state index < -0.39 is 15.9 Å². The van der Waals surface area contributed by atoms with Gasteiger partial charge in [-0.15, -0.1) is 0 Å². The number of anilines is 3. The molecule has 0 atom stereocenters. The highest BCUT2D eigenvalue weighted by Crippen LogP contribution is 2.29. The van der Waals surface area contributed by atoms with Gasteiger partial charge in [0.25, 0.3) is 15.9 Å². The van der Waals surface area contributed by atoms with Crippen LogP contribution in [0.15, 0.2) is 53.7 Å². The molecule has 4 rings (SSSR count). The lowest BCUT2D eigenvalue weighted by Gasteiger charge is -2.29. The summed E-state index contributed by atoms with van der Waals surface area (Å²) in [6.45, 7) is 5.97. The van der Waals surface area contributed by atoms with E-state index in [1.54, 1.807) is 18.3 Å². The fourth-order valence-electron chi connectivity index (χ4n) is 3.81. The van der Waals surface area contributed by atoms with Crippen molar-refractivity contribution in [1.29, 1.82) is 0 Å². The van der Waals surface area contributed by atoms with E-state index in [-0.39, 0.29) is 16.5 Å². The highest BCUT2D eigenvalue weighted by Gasteiger charge is 2.25. The number of rotatable bonds is 7. The smallest absolute Gasteiger partial charge is 0.267 e. The van der Waals surface area contributed by atoms with E-state index in [9.17, 15) is 13.2 Å². The number of carbonyl (C=O) groups is 1. The van der Waals surface area contributed by atoms with Gasteiger partial charge in [0.05, 0.1) is 43.5 Å². The van der Waals surface area contributed by atoms with Gasteiger partial charge in [0.15, 0.2) is 4.90 Å². The lowest BCUT2D eigenvalue weighted by molar-refractivity contribution is 0.102. The number of nitrogens with one attached hydrogen (secondary N) is 2. The van der Waals surface area contributed by atoms with Crippen LogP contribution in [0.25, 0.3) is 0 Å². The monoisotopic (exact) mass is 497 g/mol. The van der Waals surface area contributed by atoms with Gasteiger partial charge >= 0.3 is 0 Å². The Balaban J connectivity index is 1.63. The quantitative estimate of drug-likeness (QED) is 0.511. The van der Waals surface area contributed by atoms with Gasteiger partial charge in [-0.2, -0.15) is 0 Å². The molecule has 0 bridgehead atoms. The Morgan fingerprint density at radius 1 is 1.09 bits per heavy atom. The zero-order valence-electron chi connectivity index (χ0n) is 19.7. The van der Waals surface area contributed by atoms with Crippen molar-refractivity contribution in [2.24, 2.45) is 0 Å². The predicted molar refractivity (Wildman–Crippen MR) is 133 cm³/mol. The van der Waals surface area contributed by atoms with Crippen LogP contribution < -0.4 is 19.7 Å². The molecule has 0 saturated carbocycles. The first-order valence-corrected chi connectivity index (χ1v) is 12.5. The number of sulfonamides is 1. The van der Waals surface area contributed by atoms with E-state index >= 15 is 0 Å². The molecule has 35 heavy (non-hydrogen) atoms. The third-order valence-corrected chi connectivity index (χ3v) is 6.96. The summed E-state index contributed by atoms with van der Waals surface area (Å²) in [4.78, 5) is 23.4. The Hall–Kier alpha value is -3.70. The van der Waals surface area contributed by atoms with Crippen molar-refractivity contribution in [2.75, 3.05) is 48.4 Å². The highest BCUT2D eigenvalue weighted by molar-refractivity contribution is 7.92. The Labute approximate surface area is 204 Å². The number of hydrogen-bond donors (Lipinski definition) is 2. The Morgan fingerprint density at radius 2 is 1.80 bits per heavy atom. The standard InChI is InChI=1S/C24H27N5O5S/c1-16-6-4-7-17(2)21(16)28-35(31,32)20-14-18(15-26-24(20)33-3)27-23(30)19-8-5-9-25-22(19)29-10-12-34-13-11-29/h4-9,14-15,28H,10-13H2,1-3H3,(H,27,30). The molecular formula is C24H27N5O5S. The Kier molecular flexibility index (Phi) is 7.17. The van der Waals surface area contributed by atoms with Crippen molar-refractivity contribution in [3.63, 3.8) is 0 Å². The van der Waals surface area contributed by atoms with Gasteiger partial charge in [0.1, 0.15) is 5.82 Å². The maximum absolute atomic E-state index is 13.3. The number of carbonyl (C=O) groups excluding carboxylic acids is 1. The second-order valence-electron chi connectivity index (χ2n) is 8.03. The lowest BCUT2D eigenvalue weighted by Crippen LogP contribution is -2.38. The molecule has 1 amide bonds. The molecule has 1 aliphatic heterocycles. The molecule has 2 aromatic heterocycles. The molecule has 3 aromatic rings. The third kappa shape index (κ3) is 5.36. The normalized spacial score (nSPS) is 13.9. The van der Waals surface area contributed by atoms with Crippen LogP contribution in [0.5, 0.6) is 5.88 Å². The summed E-state index contributed by atoms with van der Waals surface area (Å²) in [7, 11) is -2.74. The molecule has 0 unspecified atom stereocenters. The zero-order chi connectivity index (χ0) is 25.0. The van der Waals surface area contributed by atoms with E-state index in [2.05, 4.69) is 20.0 Å². The van der Waals surface area contributed by atoms with E-state index in [0.717, 1.165) is 11.1 Å². The molecular weight excluding hydrogens is 470 g/mol. The van der Waals surface area contributed by atoms with Crippen LogP contribution in [0.3, 0.4) is 0 Å². The van der Waals surface area contributed by atoms with E-state index in [1.165, 1.54) is 19.4 Å². The van der Waals surface area contributed by atoms with Crippen LogP contribution in [0.4, 0.5) is 17.2 Å². The van der Waals surface area contributed by atoms with E-state index in [4.69, 9.17) is 9.47 Å². The van der Waals surface area contributed by atoms with Gasteiger partial charge in [-0.3, -0.25) is 9.52 Å². The van der Waals surface area contributed by atoms with Gasteiger partial charge in [0.2, 0.25) is 5.88 Å². The summed E-state index contributed by atoms with van der Waals surface area (Å²) >= 11 is 0. The molecule has 10 nitrogen and oxygen atoms in total. The number of benzene rings is 1. The van der Waals surface area contributed by atoms with E-state index in [0.29, 0.717) is 43.4 Å². The van der Waals surface area contributed by atoms with Gasteiger partial charge in [0, 0.05) is 19.3 Å². The van der Waals surface area contributed by atoms with Crippen molar-refractivity contribution >= 4 is 33.1 Å². The summed E-state index contributed by atoms with van der Waals surface area (Å²) in [5.74, 6) is 0.0223. The second kappa shape index (κ2) is 10.3. The largest absolute Gasteiger partial charge is 0.480 e. The number of ether oxygens (including phenoxy) is 2. The first-order valence-electron chi connectivity index (χ1n) is 11.0. The lowest BCUT2D eigenvalue weighted by atomic mass is 10.1. The number of nitrogens with zero attached hydrogens (tertiary/aromatic N) is 3. The minimum absolute atomic E-state index is 0.0860. The summed E-state index contributed by atoms with van der Waals surface area (Å²) < 4.78 is 39.8. The number of methoxy groups -OCH3 is 1. The molecule has 0 radical (unpaired) electrons. The van der Waals surface area contributed by atoms with Crippen LogP contribution in [0.1, 0.15) is 21.5 Å². The van der Waals surface area contributed by atoms with Crippen molar-refractivity contribution < 1.29 is 22.7 Å². The van der Waals surface area contributed by atoms with E-state index in [1.807, 2.05) is 36.9 Å². The van der Waals surface area contributed by atoms with Crippen molar-refractivity contribution in [1.82, 2.24) is 9.97 Å². The molecule has 184 valence electrons. The summed E-state index contributed by atoms with van der Waals surface area (Å²) in [6, 6.07) is 10.2. The van der Waals surface area contributed by atoms with Gasteiger partial charge in [-0.25, -0.2) is 18.4 Å². The molecule has 2 N–H and O–H groups in total.